The van der Waals surface area contributed by atoms with Gasteiger partial charge in [0.15, 0.2) is 0 Å². The van der Waals surface area contributed by atoms with Crippen LogP contribution < -0.4 is 11.1 Å². The fraction of sp³-hybridized carbons (Fsp3) is 0.632. The molecule has 0 bridgehead atoms. The Labute approximate surface area is 140 Å². The van der Waals surface area contributed by atoms with E-state index in [9.17, 15) is 4.79 Å². The molecule has 0 aliphatic carbocycles. The molecule has 3 N–H and O–H groups in total. The molecule has 4 heteroatoms. The second-order valence-corrected chi connectivity index (χ2v) is 6.66. The smallest absolute Gasteiger partial charge is 0.316 e. The molecule has 1 aromatic rings. The van der Waals surface area contributed by atoms with E-state index in [2.05, 4.69) is 36.2 Å². The van der Waals surface area contributed by atoms with Crippen LogP contribution in [0.25, 0.3) is 0 Å². The Morgan fingerprint density at radius 2 is 2.04 bits per heavy atom. The van der Waals surface area contributed by atoms with Crippen molar-refractivity contribution in [1.29, 1.82) is 0 Å². The summed E-state index contributed by atoms with van der Waals surface area (Å²) in [5, 5.41) is 2.67. The molecule has 23 heavy (non-hydrogen) atoms. The SMILES string of the molecule is CCCCN1[C@H](CCC)CC[C@H]1Cc1cccc(NC(N)=O)c1. The molecular weight excluding hydrogens is 286 g/mol. The number of carbonyl (C=O) groups is 1. The van der Waals surface area contributed by atoms with Gasteiger partial charge in [0.2, 0.25) is 0 Å². The van der Waals surface area contributed by atoms with Crippen LogP contribution in [0, 0.1) is 0 Å². The molecule has 2 rings (SSSR count). The molecule has 1 saturated heterocycles. The van der Waals surface area contributed by atoms with Gasteiger partial charge in [-0.3, -0.25) is 4.90 Å². The maximum atomic E-state index is 11.0. The first kappa shape index (κ1) is 17.8. The van der Waals surface area contributed by atoms with E-state index in [0.29, 0.717) is 6.04 Å². The van der Waals surface area contributed by atoms with Gasteiger partial charge in [-0.05, 0) is 56.3 Å². The average molecular weight is 317 g/mol. The summed E-state index contributed by atoms with van der Waals surface area (Å²) in [7, 11) is 0. The molecule has 0 spiro atoms. The van der Waals surface area contributed by atoms with E-state index in [-0.39, 0.29) is 0 Å². The van der Waals surface area contributed by atoms with Gasteiger partial charge >= 0.3 is 6.03 Å². The number of hydrogen-bond donors (Lipinski definition) is 2. The molecule has 128 valence electrons. The Morgan fingerprint density at radius 1 is 1.26 bits per heavy atom. The molecule has 2 amide bonds. The van der Waals surface area contributed by atoms with Crippen LogP contribution >= 0.6 is 0 Å². The third kappa shape index (κ3) is 5.24. The third-order valence-corrected chi connectivity index (χ3v) is 4.83. The number of nitrogens with one attached hydrogen (secondary N) is 1. The van der Waals surface area contributed by atoms with Crippen LogP contribution in [0.2, 0.25) is 0 Å². The average Bonchev–Trinajstić information content (AvgIpc) is 2.87. The standard InChI is InChI=1S/C19H31N3O/c1-3-5-12-22-17(7-4-2)10-11-18(22)14-15-8-6-9-16(13-15)21-19(20)23/h6,8-9,13,17-18H,3-5,7,10-12,14H2,1-2H3,(H3,20,21,23)/t17-,18+/m1/s1. The zero-order chi connectivity index (χ0) is 16.7. The number of anilines is 1. The highest BCUT2D eigenvalue weighted by Crippen LogP contribution is 2.30. The lowest BCUT2D eigenvalue weighted by molar-refractivity contribution is 0.180. The zero-order valence-electron chi connectivity index (χ0n) is 14.6. The number of urea groups is 1. The summed E-state index contributed by atoms with van der Waals surface area (Å²) in [6.45, 7) is 5.76. The number of likely N-dealkylation sites (tertiary alicyclic amines) is 1. The van der Waals surface area contributed by atoms with Crippen LogP contribution in [0.5, 0.6) is 0 Å². The van der Waals surface area contributed by atoms with Crippen molar-refractivity contribution in [2.24, 2.45) is 5.73 Å². The van der Waals surface area contributed by atoms with Gasteiger partial charge < -0.3 is 11.1 Å². The summed E-state index contributed by atoms with van der Waals surface area (Å²) in [5.74, 6) is 0. The van der Waals surface area contributed by atoms with E-state index in [1.165, 1.54) is 50.6 Å². The molecule has 0 radical (unpaired) electrons. The first-order valence-electron chi connectivity index (χ1n) is 9.05. The summed E-state index contributed by atoms with van der Waals surface area (Å²) in [4.78, 5) is 13.7. The number of benzene rings is 1. The minimum Gasteiger partial charge on any atom is -0.351 e. The molecule has 1 aliphatic rings. The van der Waals surface area contributed by atoms with Gasteiger partial charge in [-0.1, -0.05) is 38.8 Å². The number of nitrogens with two attached hydrogens (primary N) is 1. The van der Waals surface area contributed by atoms with Crippen molar-refractivity contribution >= 4 is 11.7 Å². The van der Waals surface area contributed by atoms with Crippen molar-refractivity contribution in [3.05, 3.63) is 29.8 Å². The van der Waals surface area contributed by atoms with E-state index in [4.69, 9.17) is 5.73 Å². The number of hydrogen-bond acceptors (Lipinski definition) is 2. The Hall–Kier alpha value is -1.55. The topological polar surface area (TPSA) is 58.4 Å². The molecule has 1 heterocycles. The minimum absolute atomic E-state index is 0.504. The minimum atomic E-state index is -0.504. The van der Waals surface area contributed by atoms with E-state index < -0.39 is 6.03 Å². The fourth-order valence-corrected chi connectivity index (χ4v) is 3.77. The van der Waals surface area contributed by atoms with Crippen molar-refractivity contribution in [2.75, 3.05) is 11.9 Å². The molecule has 0 unspecified atom stereocenters. The number of amides is 2. The van der Waals surface area contributed by atoms with E-state index in [0.717, 1.165) is 18.2 Å². The summed E-state index contributed by atoms with van der Waals surface area (Å²) in [5.41, 5.74) is 7.28. The quantitative estimate of drug-likeness (QED) is 0.756. The molecule has 1 aromatic carbocycles. The van der Waals surface area contributed by atoms with Gasteiger partial charge in [0.1, 0.15) is 0 Å². The maximum Gasteiger partial charge on any atom is 0.316 e. The molecule has 0 aromatic heterocycles. The number of nitrogens with zero attached hydrogens (tertiary/aromatic N) is 1. The van der Waals surface area contributed by atoms with Crippen LogP contribution in [0.15, 0.2) is 24.3 Å². The molecule has 1 fully saturated rings. The number of rotatable bonds is 8. The highest BCUT2D eigenvalue weighted by molar-refractivity contribution is 5.87. The molecule has 4 nitrogen and oxygen atoms in total. The summed E-state index contributed by atoms with van der Waals surface area (Å²) in [6.07, 6.45) is 8.75. The van der Waals surface area contributed by atoms with Crippen molar-refractivity contribution in [1.82, 2.24) is 4.90 Å². The van der Waals surface area contributed by atoms with Gasteiger partial charge in [0.25, 0.3) is 0 Å². The first-order chi connectivity index (χ1) is 11.1. The van der Waals surface area contributed by atoms with Crippen molar-refractivity contribution < 1.29 is 4.79 Å². The monoisotopic (exact) mass is 317 g/mol. The van der Waals surface area contributed by atoms with E-state index in [1.54, 1.807) is 0 Å². The van der Waals surface area contributed by atoms with E-state index in [1.807, 2.05) is 12.1 Å². The summed E-state index contributed by atoms with van der Waals surface area (Å²) in [6, 6.07) is 8.96. The van der Waals surface area contributed by atoms with Gasteiger partial charge in [0, 0.05) is 17.8 Å². The highest BCUT2D eigenvalue weighted by atomic mass is 16.2. The lowest BCUT2D eigenvalue weighted by Crippen LogP contribution is -2.38. The number of primary amides is 1. The van der Waals surface area contributed by atoms with Crippen molar-refractivity contribution in [2.45, 2.75) is 70.9 Å². The lowest BCUT2D eigenvalue weighted by Gasteiger charge is -2.30. The Morgan fingerprint density at radius 3 is 2.74 bits per heavy atom. The van der Waals surface area contributed by atoms with Crippen LogP contribution in [0.4, 0.5) is 10.5 Å². The van der Waals surface area contributed by atoms with Crippen LogP contribution in [0.3, 0.4) is 0 Å². The number of unbranched alkanes of at least 4 members (excludes halogenated alkanes) is 1. The summed E-state index contributed by atoms with van der Waals surface area (Å²) >= 11 is 0. The third-order valence-electron chi connectivity index (χ3n) is 4.83. The van der Waals surface area contributed by atoms with Crippen LogP contribution in [0.1, 0.15) is 57.9 Å². The summed E-state index contributed by atoms with van der Waals surface area (Å²) < 4.78 is 0. The second kappa shape index (κ2) is 8.92. The predicted molar refractivity (Wildman–Crippen MR) is 96.7 cm³/mol. The largest absolute Gasteiger partial charge is 0.351 e. The highest BCUT2D eigenvalue weighted by Gasteiger charge is 2.31. The molecular formula is C19H31N3O. The maximum absolute atomic E-state index is 11.0. The molecule has 2 atom stereocenters. The zero-order valence-corrected chi connectivity index (χ0v) is 14.6. The second-order valence-electron chi connectivity index (χ2n) is 6.66. The van der Waals surface area contributed by atoms with Gasteiger partial charge in [-0.2, -0.15) is 0 Å². The van der Waals surface area contributed by atoms with Gasteiger partial charge in [0.05, 0.1) is 0 Å². The predicted octanol–water partition coefficient (Wildman–Crippen LogP) is 4.15. The molecule has 0 saturated carbocycles. The Bertz CT molecular complexity index is 503. The Kier molecular flexibility index (Phi) is 6.90. The van der Waals surface area contributed by atoms with Gasteiger partial charge in [-0.25, -0.2) is 4.79 Å². The van der Waals surface area contributed by atoms with Crippen LogP contribution in [-0.2, 0) is 6.42 Å². The fourth-order valence-electron chi connectivity index (χ4n) is 3.77. The van der Waals surface area contributed by atoms with Crippen molar-refractivity contribution in [3.8, 4) is 0 Å². The lowest BCUT2D eigenvalue weighted by atomic mass is 10.0. The van der Waals surface area contributed by atoms with E-state index >= 15 is 0 Å². The number of carbonyl (C=O) groups excluding carboxylic acids is 1. The van der Waals surface area contributed by atoms with Crippen molar-refractivity contribution in [3.63, 3.8) is 0 Å². The normalized spacial score (nSPS) is 21.5. The first-order valence-corrected chi connectivity index (χ1v) is 9.05. The van der Waals surface area contributed by atoms with Crippen LogP contribution in [-0.4, -0.2) is 29.6 Å². The van der Waals surface area contributed by atoms with Gasteiger partial charge in [-0.15, -0.1) is 0 Å². The molecule has 1 aliphatic heterocycles. The Balaban J connectivity index is 2.03.